The molecule has 3 unspecified atom stereocenters. The van der Waals surface area contributed by atoms with Crippen molar-refractivity contribution in [3.8, 4) is 0 Å². The van der Waals surface area contributed by atoms with Gasteiger partial charge < -0.3 is 4.90 Å². The summed E-state index contributed by atoms with van der Waals surface area (Å²) < 4.78 is 0. The molecule has 19 heavy (non-hydrogen) atoms. The van der Waals surface area contributed by atoms with Crippen molar-refractivity contribution in [2.75, 3.05) is 6.54 Å². The number of hydrogen-bond acceptors (Lipinski definition) is 2. The second kappa shape index (κ2) is 6.25. The van der Waals surface area contributed by atoms with Gasteiger partial charge in [-0.05, 0) is 37.5 Å². The van der Waals surface area contributed by atoms with Crippen molar-refractivity contribution in [2.24, 2.45) is 17.8 Å². The van der Waals surface area contributed by atoms with Gasteiger partial charge in [-0.15, -0.1) is 0 Å². The van der Waals surface area contributed by atoms with Crippen LogP contribution in [0.4, 0.5) is 0 Å². The van der Waals surface area contributed by atoms with Crippen LogP contribution in [0.15, 0.2) is 0 Å². The molecule has 1 rings (SSSR count). The Bertz CT molecular complexity index is 314. The van der Waals surface area contributed by atoms with Gasteiger partial charge in [-0.3, -0.25) is 10.1 Å². The number of amides is 1. The van der Waals surface area contributed by atoms with Crippen LogP contribution in [-0.2, 0) is 4.79 Å². The maximum atomic E-state index is 12.7. The van der Waals surface area contributed by atoms with Gasteiger partial charge >= 0.3 is 0 Å². The number of carbonyl (C=O) groups excluding carboxylic acids is 1. The van der Waals surface area contributed by atoms with E-state index >= 15 is 0 Å². The first kappa shape index (κ1) is 16.5. The molecule has 0 bridgehead atoms. The standard InChI is InChI=1S/C16H32N2O/c1-8-16(7)15(19)18(10-13(6)12(4)5)14(17-16)9-11(2)3/h11-14,17H,8-10H2,1-7H3. The summed E-state index contributed by atoms with van der Waals surface area (Å²) in [6, 6.07) is 0. The zero-order chi connectivity index (χ0) is 14.8. The van der Waals surface area contributed by atoms with Crippen LogP contribution in [0.3, 0.4) is 0 Å². The molecule has 3 atom stereocenters. The van der Waals surface area contributed by atoms with Crippen molar-refractivity contribution in [1.29, 1.82) is 0 Å². The summed E-state index contributed by atoms with van der Waals surface area (Å²) in [7, 11) is 0. The molecule has 0 saturated carbocycles. The van der Waals surface area contributed by atoms with Crippen LogP contribution < -0.4 is 5.32 Å². The van der Waals surface area contributed by atoms with Crippen molar-refractivity contribution >= 4 is 5.91 Å². The molecule has 3 heteroatoms. The molecule has 1 aliphatic heterocycles. The summed E-state index contributed by atoms with van der Waals surface area (Å²) in [4.78, 5) is 14.8. The fourth-order valence-corrected chi connectivity index (χ4v) is 2.58. The molecule has 1 N–H and O–H groups in total. The normalized spacial score (nSPS) is 29.6. The summed E-state index contributed by atoms with van der Waals surface area (Å²) in [5.41, 5.74) is -0.365. The van der Waals surface area contributed by atoms with E-state index in [1.807, 2.05) is 6.92 Å². The lowest BCUT2D eigenvalue weighted by Gasteiger charge is -2.29. The molecule has 0 aromatic heterocycles. The Morgan fingerprint density at radius 2 is 1.84 bits per heavy atom. The van der Waals surface area contributed by atoms with Crippen LogP contribution in [0.1, 0.15) is 61.3 Å². The summed E-state index contributed by atoms with van der Waals surface area (Å²) >= 11 is 0. The fourth-order valence-electron chi connectivity index (χ4n) is 2.58. The Morgan fingerprint density at radius 1 is 1.26 bits per heavy atom. The van der Waals surface area contributed by atoms with Gasteiger partial charge in [-0.1, -0.05) is 41.5 Å². The zero-order valence-electron chi connectivity index (χ0n) is 13.8. The number of nitrogens with zero attached hydrogens (tertiary/aromatic N) is 1. The Labute approximate surface area is 119 Å². The first-order valence-electron chi connectivity index (χ1n) is 7.80. The van der Waals surface area contributed by atoms with Crippen LogP contribution in [-0.4, -0.2) is 29.1 Å². The van der Waals surface area contributed by atoms with Gasteiger partial charge in [0.1, 0.15) is 0 Å². The van der Waals surface area contributed by atoms with E-state index in [-0.39, 0.29) is 17.6 Å². The highest BCUT2D eigenvalue weighted by Crippen LogP contribution is 2.28. The molecule has 0 aromatic rings. The van der Waals surface area contributed by atoms with Gasteiger partial charge in [0, 0.05) is 6.54 Å². The molecule has 112 valence electrons. The third kappa shape index (κ3) is 3.71. The molecular weight excluding hydrogens is 236 g/mol. The molecule has 0 aliphatic carbocycles. The topological polar surface area (TPSA) is 32.3 Å². The molecule has 1 amide bonds. The van der Waals surface area contributed by atoms with Crippen LogP contribution >= 0.6 is 0 Å². The number of carbonyl (C=O) groups is 1. The highest BCUT2D eigenvalue weighted by atomic mass is 16.2. The lowest BCUT2D eigenvalue weighted by atomic mass is 9.96. The average Bonchev–Trinajstić information content (AvgIpc) is 2.53. The number of hydrogen-bond donors (Lipinski definition) is 1. The first-order valence-corrected chi connectivity index (χ1v) is 7.80. The van der Waals surface area contributed by atoms with Gasteiger partial charge in [-0.25, -0.2) is 0 Å². The first-order chi connectivity index (χ1) is 8.71. The summed E-state index contributed by atoms with van der Waals surface area (Å²) in [5.74, 6) is 2.04. The van der Waals surface area contributed by atoms with Gasteiger partial charge in [0.05, 0.1) is 11.7 Å². The molecule has 3 nitrogen and oxygen atoms in total. The predicted molar refractivity (Wildman–Crippen MR) is 80.8 cm³/mol. The molecule has 0 aromatic carbocycles. The van der Waals surface area contributed by atoms with E-state index in [0.717, 1.165) is 19.4 Å². The average molecular weight is 268 g/mol. The predicted octanol–water partition coefficient (Wildman–Crippen LogP) is 3.25. The van der Waals surface area contributed by atoms with Crippen molar-refractivity contribution in [3.63, 3.8) is 0 Å². The third-order valence-corrected chi connectivity index (χ3v) is 4.62. The van der Waals surface area contributed by atoms with Gasteiger partial charge in [0.25, 0.3) is 0 Å². The summed E-state index contributed by atoms with van der Waals surface area (Å²) in [5, 5.41) is 3.57. The van der Waals surface area contributed by atoms with E-state index in [0.29, 0.717) is 17.8 Å². The molecular formula is C16H32N2O. The lowest BCUT2D eigenvalue weighted by Crippen LogP contribution is -2.44. The number of rotatable bonds is 6. The molecule has 1 heterocycles. The largest absolute Gasteiger partial charge is 0.325 e. The van der Waals surface area contributed by atoms with E-state index in [2.05, 4.69) is 51.8 Å². The highest BCUT2D eigenvalue weighted by molar-refractivity contribution is 5.88. The van der Waals surface area contributed by atoms with Gasteiger partial charge in [0.15, 0.2) is 0 Å². The molecule has 0 spiro atoms. The summed E-state index contributed by atoms with van der Waals surface area (Å²) in [6.45, 7) is 16.2. The minimum atomic E-state index is -0.365. The van der Waals surface area contributed by atoms with Crippen LogP contribution in [0.5, 0.6) is 0 Å². The van der Waals surface area contributed by atoms with Crippen molar-refractivity contribution in [3.05, 3.63) is 0 Å². The summed E-state index contributed by atoms with van der Waals surface area (Å²) in [6.07, 6.45) is 2.10. The Morgan fingerprint density at radius 3 is 2.26 bits per heavy atom. The SMILES string of the molecule is CCC1(C)NC(CC(C)C)N(CC(C)C(C)C)C1=O. The molecule has 0 radical (unpaired) electrons. The quantitative estimate of drug-likeness (QED) is 0.802. The van der Waals surface area contributed by atoms with Crippen LogP contribution in [0.25, 0.3) is 0 Å². The maximum Gasteiger partial charge on any atom is 0.243 e. The Hall–Kier alpha value is -0.570. The van der Waals surface area contributed by atoms with Crippen LogP contribution in [0, 0.1) is 17.8 Å². The highest BCUT2D eigenvalue weighted by Gasteiger charge is 2.46. The van der Waals surface area contributed by atoms with E-state index in [1.165, 1.54) is 0 Å². The van der Waals surface area contributed by atoms with E-state index in [1.54, 1.807) is 0 Å². The van der Waals surface area contributed by atoms with Gasteiger partial charge in [0.2, 0.25) is 5.91 Å². The molecule has 1 aliphatic rings. The van der Waals surface area contributed by atoms with Crippen molar-refractivity contribution < 1.29 is 4.79 Å². The zero-order valence-corrected chi connectivity index (χ0v) is 13.8. The van der Waals surface area contributed by atoms with E-state index in [9.17, 15) is 4.79 Å². The fraction of sp³-hybridized carbons (Fsp3) is 0.938. The van der Waals surface area contributed by atoms with E-state index in [4.69, 9.17) is 0 Å². The van der Waals surface area contributed by atoms with Crippen LogP contribution in [0.2, 0.25) is 0 Å². The minimum Gasteiger partial charge on any atom is -0.325 e. The Kier molecular flexibility index (Phi) is 5.43. The number of nitrogens with one attached hydrogen (secondary N) is 1. The smallest absolute Gasteiger partial charge is 0.243 e. The lowest BCUT2D eigenvalue weighted by molar-refractivity contribution is -0.133. The second-order valence-electron chi connectivity index (χ2n) is 7.15. The van der Waals surface area contributed by atoms with Crippen molar-refractivity contribution in [2.45, 2.75) is 73.0 Å². The second-order valence-corrected chi connectivity index (χ2v) is 7.15. The van der Waals surface area contributed by atoms with Crippen molar-refractivity contribution in [1.82, 2.24) is 10.2 Å². The minimum absolute atomic E-state index is 0.207. The monoisotopic (exact) mass is 268 g/mol. The third-order valence-electron chi connectivity index (χ3n) is 4.62. The maximum absolute atomic E-state index is 12.7. The van der Waals surface area contributed by atoms with Gasteiger partial charge in [-0.2, -0.15) is 0 Å². The van der Waals surface area contributed by atoms with E-state index < -0.39 is 0 Å². The Balaban J connectivity index is 2.85. The molecule has 1 fully saturated rings. The molecule has 1 saturated heterocycles.